The number of aromatic nitrogens is 1. The van der Waals surface area contributed by atoms with Crippen LogP contribution in [0.1, 0.15) is 21.7 Å². The van der Waals surface area contributed by atoms with E-state index in [1.54, 1.807) is 24.3 Å². The first-order valence-electron chi connectivity index (χ1n) is 11.6. The van der Waals surface area contributed by atoms with Crippen LogP contribution in [-0.4, -0.2) is 22.0 Å². The third-order valence-electron chi connectivity index (χ3n) is 5.66. The van der Waals surface area contributed by atoms with Crippen LogP contribution in [0.5, 0.6) is 0 Å². The fraction of sp³-hybridized carbons (Fsp3) is 0.0357. The van der Waals surface area contributed by atoms with Gasteiger partial charge in [-0.1, -0.05) is 41.4 Å². The van der Waals surface area contributed by atoms with E-state index in [9.17, 15) is 14.9 Å². The molecule has 0 saturated carbocycles. The topological polar surface area (TPSA) is 123 Å². The average Bonchev–Trinajstić information content (AvgIpc) is 3.60. The predicted molar refractivity (Wildman–Crippen MR) is 153 cm³/mol. The number of halogens is 1. The fourth-order valence-electron chi connectivity index (χ4n) is 3.62. The highest BCUT2D eigenvalue weighted by molar-refractivity contribution is 7.14. The SMILES string of the molecule is Cc1ccc(Nc2nc(-c3ccc(C(=O)N/N=C\c4ccc(-c5ccc([N+](=O)[O-])cc5Cl)o4)cc3)cs2)cc1. The molecule has 39 heavy (non-hydrogen) atoms. The van der Waals surface area contributed by atoms with Crippen LogP contribution >= 0.6 is 22.9 Å². The quantitative estimate of drug-likeness (QED) is 0.116. The maximum absolute atomic E-state index is 12.5. The Hall–Kier alpha value is -4.80. The lowest BCUT2D eigenvalue weighted by Crippen LogP contribution is -2.17. The number of benzene rings is 3. The number of non-ortho nitro benzene ring substituents is 1. The number of carbonyl (C=O) groups excluding carboxylic acids is 1. The van der Waals surface area contributed by atoms with Crippen LogP contribution < -0.4 is 10.7 Å². The van der Waals surface area contributed by atoms with Gasteiger partial charge in [-0.3, -0.25) is 14.9 Å². The molecule has 5 rings (SSSR count). The lowest BCUT2D eigenvalue weighted by atomic mass is 10.1. The summed E-state index contributed by atoms with van der Waals surface area (Å²) in [4.78, 5) is 27.5. The normalized spacial score (nSPS) is 11.0. The zero-order chi connectivity index (χ0) is 27.4. The molecule has 0 unspecified atom stereocenters. The highest BCUT2D eigenvalue weighted by Gasteiger charge is 2.13. The molecule has 5 aromatic rings. The predicted octanol–water partition coefficient (Wildman–Crippen LogP) is 7.45. The molecule has 0 bridgehead atoms. The van der Waals surface area contributed by atoms with Crippen molar-refractivity contribution in [2.75, 3.05) is 5.32 Å². The number of furan rings is 1. The number of nitrogens with zero attached hydrogens (tertiary/aromatic N) is 3. The maximum Gasteiger partial charge on any atom is 0.271 e. The van der Waals surface area contributed by atoms with Gasteiger partial charge >= 0.3 is 0 Å². The molecule has 11 heteroatoms. The van der Waals surface area contributed by atoms with E-state index in [0.717, 1.165) is 22.1 Å². The van der Waals surface area contributed by atoms with Crippen molar-refractivity contribution in [1.82, 2.24) is 10.4 Å². The van der Waals surface area contributed by atoms with E-state index in [0.29, 0.717) is 22.6 Å². The molecule has 0 aliphatic heterocycles. The van der Waals surface area contributed by atoms with Crippen LogP contribution in [0.3, 0.4) is 0 Å². The molecule has 9 nitrogen and oxygen atoms in total. The number of hydrogen-bond acceptors (Lipinski definition) is 8. The number of rotatable bonds is 8. The number of amides is 1. The fourth-order valence-corrected chi connectivity index (χ4v) is 4.63. The Balaban J connectivity index is 1.18. The van der Waals surface area contributed by atoms with Gasteiger partial charge in [0.2, 0.25) is 0 Å². The number of aryl methyl sites for hydroxylation is 1. The minimum absolute atomic E-state index is 0.112. The third-order valence-corrected chi connectivity index (χ3v) is 6.73. The van der Waals surface area contributed by atoms with Gasteiger partial charge in [0.05, 0.1) is 21.9 Å². The lowest BCUT2D eigenvalue weighted by molar-refractivity contribution is -0.384. The van der Waals surface area contributed by atoms with Gasteiger partial charge < -0.3 is 9.73 Å². The van der Waals surface area contributed by atoms with Crippen molar-refractivity contribution in [3.63, 3.8) is 0 Å². The Bertz CT molecular complexity index is 1680. The van der Waals surface area contributed by atoms with E-state index < -0.39 is 4.92 Å². The number of nitro groups is 1. The lowest BCUT2D eigenvalue weighted by Gasteiger charge is -2.03. The zero-order valence-electron chi connectivity index (χ0n) is 20.4. The van der Waals surface area contributed by atoms with Crippen molar-refractivity contribution in [2.45, 2.75) is 6.92 Å². The molecule has 3 aromatic carbocycles. The van der Waals surface area contributed by atoms with Gasteiger partial charge in [0.15, 0.2) is 5.13 Å². The minimum Gasteiger partial charge on any atom is -0.455 e. The molecule has 0 fully saturated rings. The van der Waals surface area contributed by atoms with Crippen molar-refractivity contribution in [2.24, 2.45) is 5.10 Å². The van der Waals surface area contributed by atoms with Crippen molar-refractivity contribution < 1.29 is 14.1 Å². The smallest absolute Gasteiger partial charge is 0.271 e. The first-order chi connectivity index (χ1) is 18.9. The van der Waals surface area contributed by atoms with E-state index in [1.807, 2.05) is 48.7 Å². The van der Waals surface area contributed by atoms with Crippen LogP contribution in [-0.2, 0) is 0 Å². The molecule has 194 valence electrons. The van der Waals surface area contributed by atoms with Crippen molar-refractivity contribution >= 4 is 51.6 Å². The molecule has 0 radical (unpaired) electrons. The summed E-state index contributed by atoms with van der Waals surface area (Å²) in [5, 5.41) is 21.1. The van der Waals surface area contributed by atoms with Crippen molar-refractivity contribution in [3.05, 3.63) is 116 Å². The zero-order valence-corrected chi connectivity index (χ0v) is 22.0. The Kier molecular flexibility index (Phi) is 7.48. The van der Waals surface area contributed by atoms with E-state index >= 15 is 0 Å². The molecule has 0 spiro atoms. The van der Waals surface area contributed by atoms with Crippen LogP contribution in [0.25, 0.3) is 22.6 Å². The van der Waals surface area contributed by atoms with Gasteiger partial charge in [-0.2, -0.15) is 5.10 Å². The maximum atomic E-state index is 12.5. The second kappa shape index (κ2) is 11.3. The molecular formula is C28H20ClN5O4S. The summed E-state index contributed by atoms with van der Waals surface area (Å²) < 4.78 is 5.68. The number of hydrogen-bond donors (Lipinski definition) is 2. The van der Waals surface area contributed by atoms with E-state index in [2.05, 4.69) is 20.8 Å². The number of nitro benzene ring substituents is 1. The third kappa shape index (κ3) is 6.20. The van der Waals surface area contributed by atoms with Gasteiger partial charge in [-0.05, 0) is 49.4 Å². The summed E-state index contributed by atoms with van der Waals surface area (Å²) in [5.41, 5.74) is 7.14. The Labute approximate surface area is 231 Å². The second-order valence-electron chi connectivity index (χ2n) is 8.43. The van der Waals surface area contributed by atoms with Crippen molar-refractivity contribution in [3.8, 4) is 22.6 Å². The summed E-state index contributed by atoms with van der Waals surface area (Å²) in [6.45, 7) is 2.04. The summed E-state index contributed by atoms with van der Waals surface area (Å²) >= 11 is 7.66. The van der Waals surface area contributed by atoms with Crippen LogP contribution in [0.2, 0.25) is 5.02 Å². The van der Waals surface area contributed by atoms with Crippen molar-refractivity contribution in [1.29, 1.82) is 0 Å². The summed E-state index contributed by atoms with van der Waals surface area (Å²) in [7, 11) is 0. The standard InChI is InChI=1S/C28H20ClN5O4S/c1-17-2-8-20(9-3-17)31-28-32-25(16-39-28)18-4-6-19(7-5-18)27(35)33-30-15-22-11-13-26(38-22)23-12-10-21(34(36)37)14-24(23)29/h2-16H,1H3,(H,31,32)(H,33,35)/b30-15-. The van der Waals surface area contributed by atoms with Gasteiger partial charge in [-0.25, -0.2) is 10.4 Å². The molecule has 0 saturated heterocycles. The number of carbonyl (C=O) groups is 1. The Morgan fingerprint density at radius 3 is 2.56 bits per heavy atom. The minimum atomic E-state index is -0.522. The number of anilines is 2. The summed E-state index contributed by atoms with van der Waals surface area (Å²) in [6, 6.07) is 22.6. The van der Waals surface area contributed by atoms with E-state index in [4.69, 9.17) is 16.0 Å². The van der Waals surface area contributed by atoms with Crippen LogP contribution in [0, 0.1) is 17.0 Å². The van der Waals surface area contributed by atoms with E-state index in [-0.39, 0.29) is 16.6 Å². The molecule has 0 atom stereocenters. The average molecular weight is 558 g/mol. The molecular weight excluding hydrogens is 538 g/mol. The molecule has 0 aliphatic carbocycles. The highest BCUT2D eigenvalue weighted by atomic mass is 35.5. The molecule has 0 aliphatic rings. The van der Waals surface area contributed by atoms with Gasteiger partial charge in [0.1, 0.15) is 11.5 Å². The molecule has 2 aromatic heterocycles. The van der Waals surface area contributed by atoms with Gasteiger partial charge in [-0.15, -0.1) is 11.3 Å². The van der Waals surface area contributed by atoms with Crippen LogP contribution in [0.15, 0.2) is 93.8 Å². The van der Waals surface area contributed by atoms with Gasteiger partial charge in [0, 0.05) is 39.9 Å². The monoisotopic (exact) mass is 557 g/mol. The molecule has 2 N–H and O–H groups in total. The van der Waals surface area contributed by atoms with Crippen LogP contribution in [0.4, 0.5) is 16.5 Å². The molecule has 1 amide bonds. The first kappa shape index (κ1) is 25.8. The number of thiazole rings is 1. The van der Waals surface area contributed by atoms with Gasteiger partial charge in [0.25, 0.3) is 11.6 Å². The van der Waals surface area contributed by atoms with E-state index in [1.165, 1.54) is 41.3 Å². The highest BCUT2D eigenvalue weighted by Crippen LogP contribution is 2.32. The largest absolute Gasteiger partial charge is 0.455 e. The first-order valence-corrected chi connectivity index (χ1v) is 12.9. The Morgan fingerprint density at radius 2 is 1.85 bits per heavy atom. The number of nitrogens with one attached hydrogen (secondary N) is 2. The summed E-state index contributed by atoms with van der Waals surface area (Å²) in [5.74, 6) is 0.397. The second-order valence-corrected chi connectivity index (χ2v) is 9.69. The summed E-state index contributed by atoms with van der Waals surface area (Å²) in [6.07, 6.45) is 1.35. The Morgan fingerprint density at radius 1 is 1.08 bits per heavy atom. The molecule has 2 heterocycles. The number of hydrazone groups is 1.